The Kier molecular flexibility index (Phi) is 5.58. The molecule has 1 aliphatic heterocycles. The van der Waals surface area contributed by atoms with Gasteiger partial charge in [0.2, 0.25) is 0 Å². The molecule has 1 aliphatic rings. The summed E-state index contributed by atoms with van der Waals surface area (Å²) in [6.07, 6.45) is -0.556. The van der Waals surface area contributed by atoms with Crippen LogP contribution in [0.15, 0.2) is 52.1 Å². The molecule has 0 fully saturated rings. The van der Waals surface area contributed by atoms with E-state index in [2.05, 4.69) is 15.0 Å². The Hall–Kier alpha value is -3.74. The number of rotatable bonds is 7. The summed E-state index contributed by atoms with van der Waals surface area (Å²) in [5.74, 6) is -0.113. The summed E-state index contributed by atoms with van der Waals surface area (Å²) in [7, 11) is -4.39. The van der Waals surface area contributed by atoms with E-state index in [0.717, 1.165) is 11.1 Å². The molecule has 0 bridgehead atoms. The predicted molar refractivity (Wildman–Crippen MR) is 118 cm³/mol. The molecule has 0 radical (unpaired) electrons. The first-order valence-electron chi connectivity index (χ1n) is 10.5. The first kappa shape index (κ1) is 23.0. The van der Waals surface area contributed by atoms with Gasteiger partial charge in [0.05, 0.1) is 13.2 Å². The van der Waals surface area contributed by atoms with Crippen molar-refractivity contribution in [3.8, 4) is 11.5 Å². The van der Waals surface area contributed by atoms with E-state index >= 15 is 0 Å². The van der Waals surface area contributed by atoms with Crippen molar-refractivity contribution in [3.05, 3.63) is 59.4 Å². The second-order valence-electron chi connectivity index (χ2n) is 8.01. The number of aromatic nitrogens is 3. The number of sulfonamides is 1. The van der Waals surface area contributed by atoms with Gasteiger partial charge in [-0.15, -0.1) is 0 Å². The predicted octanol–water partition coefficient (Wildman–Crippen LogP) is 4.06. The van der Waals surface area contributed by atoms with E-state index in [0.29, 0.717) is 41.9 Å². The van der Waals surface area contributed by atoms with Crippen LogP contribution in [0.25, 0.3) is 11.0 Å². The third kappa shape index (κ3) is 4.63. The van der Waals surface area contributed by atoms with Gasteiger partial charge in [0, 0.05) is 24.4 Å². The van der Waals surface area contributed by atoms with E-state index in [-0.39, 0.29) is 5.82 Å². The minimum atomic E-state index is -4.63. The minimum Gasteiger partial charge on any atom is -0.492 e. The SMILES string of the molecule is Cc1ccc(S(=O)(=O)Nc2noc3cc(Cn4cccn4)c4c(c23)OCC4)c(OCC(F)(F)F)c1. The van der Waals surface area contributed by atoms with Crippen LogP contribution in [0.3, 0.4) is 0 Å². The largest absolute Gasteiger partial charge is 0.492 e. The summed E-state index contributed by atoms with van der Waals surface area (Å²) in [6.45, 7) is 0.827. The lowest BCUT2D eigenvalue weighted by Crippen LogP contribution is -2.21. The number of nitrogens with one attached hydrogen (secondary N) is 1. The Labute approximate surface area is 197 Å². The Morgan fingerprint density at radius 2 is 2.09 bits per heavy atom. The third-order valence-corrected chi connectivity index (χ3v) is 6.79. The molecule has 35 heavy (non-hydrogen) atoms. The monoisotopic (exact) mass is 508 g/mol. The zero-order valence-corrected chi connectivity index (χ0v) is 19.1. The second-order valence-corrected chi connectivity index (χ2v) is 9.66. The number of ether oxygens (including phenoxy) is 2. The van der Waals surface area contributed by atoms with Crippen molar-refractivity contribution >= 4 is 26.8 Å². The van der Waals surface area contributed by atoms with Crippen LogP contribution in [0, 0.1) is 6.92 Å². The highest BCUT2D eigenvalue weighted by Crippen LogP contribution is 2.42. The van der Waals surface area contributed by atoms with Gasteiger partial charge in [-0.05, 0) is 42.3 Å². The molecule has 13 heteroatoms. The first-order chi connectivity index (χ1) is 16.6. The summed E-state index contributed by atoms with van der Waals surface area (Å²) < 4.78 is 84.5. The number of alkyl halides is 3. The molecule has 0 unspecified atom stereocenters. The Morgan fingerprint density at radius 1 is 1.26 bits per heavy atom. The third-order valence-electron chi connectivity index (χ3n) is 5.41. The number of hydrogen-bond donors (Lipinski definition) is 1. The van der Waals surface area contributed by atoms with E-state index in [4.69, 9.17) is 14.0 Å². The van der Waals surface area contributed by atoms with Crippen LogP contribution in [0.5, 0.6) is 11.5 Å². The van der Waals surface area contributed by atoms with Gasteiger partial charge in [-0.25, -0.2) is 8.42 Å². The van der Waals surface area contributed by atoms with Gasteiger partial charge in [-0.2, -0.15) is 18.3 Å². The minimum absolute atomic E-state index is 0.133. The molecule has 0 amide bonds. The number of fused-ring (bicyclic) bond motifs is 3. The van der Waals surface area contributed by atoms with Crippen LogP contribution in [0.4, 0.5) is 19.0 Å². The highest BCUT2D eigenvalue weighted by atomic mass is 32.2. The Morgan fingerprint density at radius 3 is 2.83 bits per heavy atom. The average Bonchev–Trinajstić information content (AvgIpc) is 3.53. The molecule has 0 saturated heterocycles. The van der Waals surface area contributed by atoms with Gasteiger partial charge >= 0.3 is 6.18 Å². The molecule has 3 heterocycles. The maximum absolute atomic E-state index is 13.2. The molecule has 0 saturated carbocycles. The molecule has 184 valence electrons. The quantitative estimate of drug-likeness (QED) is 0.401. The van der Waals surface area contributed by atoms with Gasteiger partial charge in [0.1, 0.15) is 21.8 Å². The number of nitrogens with zero attached hydrogens (tertiary/aromatic N) is 3. The first-order valence-corrected chi connectivity index (χ1v) is 12.0. The fraction of sp³-hybridized carbons (Fsp3) is 0.273. The van der Waals surface area contributed by atoms with Crippen molar-refractivity contribution in [3.63, 3.8) is 0 Å². The van der Waals surface area contributed by atoms with E-state index in [1.54, 1.807) is 29.9 Å². The lowest BCUT2D eigenvalue weighted by Gasteiger charge is -2.15. The highest BCUT2D eigenvalue weighted by Gasteiger charge is 2.31. The fourth-order valence-corrected chi connectivity index (χ4v) is 5.06. The molecule has 0 atom stereocenters. The average molecular weight is 508 g/mol. The molecule has 2 aromatic carbocycles. The van der Waals surface area contributed by atoms with Crippen molar-refractivity contribution in [1.29, 1.82) is 0 Å². The molecule has 2 aromatic heterocycles. The van der Waals surface area contributed by atoms with Crippen molar-refractivity contribution in [2.45, 2.75) is 31.0 Å². The maximum Gasteiger partial charge on any atom is 0.422 e. The molecule has 9 nitrogen and oxygen atoms in total. The number of halogens is 3. The zero-order valence-electron chi connectivity index (χ0n) is 18.3. The topological polar surface area (TPSA) is 108 Å². The van der Waals surface area contributed by atoms with E-state index < -0.39 is 33.5 Å². The molecule has 4 aromatic rings. The lowest BCUT2D eigenvalue weighted by atomic mass is 10.0. The van der Waals surface area contributed by atoms with Crippen molar-refractivity contribution < 1.29 is 35.6 Å². The van der Waals surface area contributed by atoms with Gasteiger partial charge in [0.15, 0.2) is 18.0 Å². The Balaban J connectivity index is 1.51. The summed E-state index contributed by atoms with van der Waals surface area (Å²) in [6, 6.07) is 7.41. The zero-order chi connectivity index (χ0) is 24.8. The molecular formula is C22H19F3N4O5S. The molecular weight excluding hydrogens is 489 g/mol. The summed E-state index contributed by atoms with van der Waals surface area (Å²) >= 11 is 0. The standard InChI is InChI=1S/C22H19F3N4O5S/c1-13-3-4-18(16(9-13)33-12-22(23,24)25)35(30,31)28-21-19-17(34-27-21)10-14(11-29-7-2-6-26-29)15-5-8-32-20(15)19/h2-4,6-7,9-10H,5,8,11-12H2,1H3,(H,27,28). The van der Waals surface area contributed by atoms with Crippen LogP contribution in [0.1, 0.15) is 16.7 Å². The van der Waals surface area contributed by atoms with Crippen LogP contribution in [-0.2, 0) is 23.0 Å². The maximum atomic E-state index is 13.2. The number of hydrogen-bond acceptors (Lipinski definition) is 7. The van der Waals surface area contributed by atoms with E-state index in [1.165, 1.54) is 18.2 Å². The van der Waals surface area contributed by atoms with Gasteiger partial charge < -0.3 is 14.0 Å². The van der Waals surface area contributed by atoms with Gasteiger partial charge in [0.25, 0.3) is 10.0 Å². The van der Waals surface area contributed by atoms with Gasteiger partial charge in [-0.1, -0.05) is 11.2 Å². The molecule has 0 aliphatic carbocycles. The van der Waals surface area contributed by atoms with Crippen molar-refractivity contribution in [1.82, 2.24) is 14.9 Å². The van der Waals surface area contributed by atoms with Crippen molar-refractivity contribution in [2.75, 3.05) is 17.9 Å². The van der Waals surface area contributed by atoms with Crippen LogP contribution in [-0.4, -0.2) is 42.7 Å². The molecule has 0 spiro atoms. The fourth-order valence-electron chi connectivity index (χ4n) is 3.92. The number of benzene rings is 2. The van der Waals surface area contributed by atoms with Crippen LogP contribution in [0.2, 0.25) is 0 Å². The number of aryl methyl sites for hydroxylation is 1. The summed E-state index contributed by atoms with van der Waals surface area (Å²) in [4.78, 5) is -0.462. The number of anilines is 1. The van der Waals surface area contributed by atoms with Gasteiger partial charge in [-0.3, -0.25) is 9.40 Å². The van der Waals surface area contributed by atoms with E-state index in [9.17, 15) is 21.6 Å². The summed E-state index contributed by atoms with van der Waals surface area (Å²) in [5.41, 5.74) is 2.59. The summed E-state index contributed by atoms with van der Waals surface area (Å²) in [5, 5.41) is 8.40. The normalized spacial score (nSPS) is 13.6. The molecule has 5 rings (SSSR count). The van der Waals surface area contributed by atoms with Crippen molar-refractivity contribution in [2.24, 2.45) is 0 Å². The van der Waals surface area contributed by atoms with Crippen LogP contribution < -0.4 is 14.2 Å². The Bertz CT molecular complexity index is 1500. The molecule has 1 N–H and O–H groups in total. The van der Waals surface area contributed by atoms with E-state index in [1.807, 2.05) is 6.20 Å². The lowest BCUT2D eigenvalue weighted by molar-refractivity contribution is -0.153. The smallest absolute Gasteiger partial charge is 0.422 e. The highest BCUT2D eigenvalue weighted by molar-refractivity contribution is 7.92. The second kappa shape index (κ2) is 8.48. The van der Waals surface area contributed by atoms with Crippen LogP contribution >= 0.6 is 0 Å².